The van der Waals surface area contributed by atoms with Crippen molar-refractivity contribution in [1.29, 1.82) is 0 Å². The van der Waals surface area contributed by atoms with Gasteiger partial charge in [0.1, 0.15) is 0 Å². The van der Waals surface area contributed by atoms with Crippen LogP contribution in [0.3, 0.4) is 0 Å². The summed E-state index contributed by atoms with van der Waals surface area (Å²) in [6, 6.07) is 0. The summed E-state index contributed by atoms with van der Waals surface area (Å²) in [5.74, 6) is 0. The highest BCUT2D eigenvalue weighted by atomic mass is 35.7. The Morgan fingerprint density at radius 3 is 1.55 bits per heavy atom. The maximum atomic E-state index is 6.89. The molecule has 0 N–H and O–H groups in total. The molecule has 22 heavy (non-hydrogen) atoms. The van der Waals surface area contributed by atoms with E-state index >= 15 is 0 Å². The highest BCUT2D eigenvalue weighted by Crippen LogP contribution is 2.53. The van der Waals surface area contributed by atoms with Crippen molar-refractivity contribution < 1.29 is 0 Å². The quantitative estimate of drug-likeness (QED) is 0.472. The first-order valence-corrected chi connectivity index (χ1v) is 13.8. The zero-order chi connectivity index (χ0) is 16.0. The summed E-state index contributed by atoms with van der Waals surface area (Å²) in [5.41, 5.74) is 2.34. The zero-order valence-corrected chi connectivity index (χ0v) is 18.6. The number of halogens is 2. The molecule has 2 unspecified atom stereocenters. The topological polar surface area (TPSA) is 9.86 Å². The molecular weight excluding hydrogens is 433 g/mol. The van der Waals surface area contributed by atoms with E-state index in [2.05, 4.69) is 23.0 Å². The van der Waals surface area contributed by atoms with Crippen LogP contribution in [-0.2, 0) is 13.1 Å². The molecule has 3 heterocycles. The van der Waals surface area contributed by atoms with Crippen molar-refractivity contribution in [3.8, 4) is 0 Å². The first kappa shape index (κ1) is 17.9. The number of hydrogen-bond acceptors (Lipinski definition) is 4. The number of aromatic nitrogens is 2. The molecule has 0 fully saturated rings. The van der Waals surface area contributed by atoms with E-state index in [0.29, 0.717) is 0 Å². The third-order valence-electron chi connectivity index (χ3n) is 3.33. The van der Waals surface area contributed by atoms with Crippen LogP contribution in [0, 0.1) is 7.91 Å². The first-order valence-electron chi connectivity index (χ1n) is 6.90. The van der Waals surface area contributed by atoms with Gasteiger partial charge in [-0.3, -0.25) is 0 Å². The van der Waals surface area contributed by atoms with Gasteiger partial charge in [-0.1, -0.05) is 36.3 Å². The van der Waals surface area contributed by atoms with E-state index in [1.165, 1.54) is 20.1 Å². The van der Waals surface area contributed by atoms with E-state index in [0.717, 1.165) is 33.8 Å². The van der Waals surface area contributed by atoms with Gasteiger partial charge in [-0.05, 0) is 37.3 Å². The average molecular weight is 447 g/mol. The second-order valence-electron chi connectivity index (χ2n) is 4.86. The van der Waals surface area contributed by atoms with Crippen LogP contribution in [0.15, 0.2) is 0 Å². The third-order valence-corrected chi connectivity index (χ3v) is 13.5. The molecule has 10 heteroatoms. The summed E-state index contributed by atoms with van der Waals surface area (Å²) in [5, 5.41) is 0. The number of thiazole rings is 2. The normalized spacial score (nSPS) is 20.0. The number of fused-ring (bicyclic) bond motifs is 2. The van der Waals surface area contributed by atoms with E-state index in [9.17, 15) is 0 Å². The summed E-state index contributed by atoms with van der Waals surface area (Å²) in [6.45, 7) is 6.13. The summed E-state index contributed by atoms with van der Waals surface area (Å²) in [4.78, 5) is 0. The molecule has 0 bridgehead atoms. The van der Waals surface area contributed by atoms with Gasteiger partial charge in [-0.2, -0.15) is 0 Å². The molecule has 1 aliphatic rings. The van der Waals surface area contributed by atoms with E-state index in [1.807, 2.05) is 0 Å². The Labute approximate surface area is 160 Å². The molecule has 2 aromatic rings. The largest absolute Gasteiger partial charge is 0.321 e. The first-order chi connectivity index (χ1) is 10.5. The van der Waals surface area contributed by atoms with E-state index in [4.69, 9.17) is 46.9 Å². The Hall–Kier alpha value is 1.14. The lowest BCUT2D eigenvalue weighted by atomic mass is 10.5. The fraction of sp³-hybridized carbons (Fsp3) is 0.500. The Balaban J connectivity index is 2.23. The molecule has 0 radical (unpaired) electrons. The minimum atomic E-state index is -0.926. The fourth-order valence-electron chi connectivity index (χ4n) is 2.44. The maximum Gasteiger partial charge on any atom is 0.162 e. The van der Waals surface area contributed by atoms with Crippen molar-refractivity contribution in [1.82, 2.24) is 9.13 Å². The van der Waals surface area contributed by atoms with Crippen LogP contribution < -0.4 is 20.1 Å². The summed E-state index contributed by atoms with van der Waals surface area (Å²) >= 11 is 28.1. The van der Waals surface area contributed by atoms with Gasteiger partial charge in [-0.25, -0.2) is 0 Å². The molecule has 0 aliphatic carbocycles. The van der Waals surface area contributed by atoms with Crippen molar-refractivity contribution in [3.05, 3.63) is 7.91 Å². The molecule has 3 rings (SSSR count). The molecule has 1 aliphatic heterocycles. The molecule has 0 saturated heterocycles. The number of nitrogens with zero attached hydrogens (tertiary/aromatic N) is 2. The Morgan fingerprint density at radius 2 is 1.23 bits per heavy atom. The van der Waals surface area contributed by atoms with Crippen LogP contribution in [0.5, 0.6) is 0 Å². The Bertz CT molecular complexity index is 754. The van der Waals surface area contributed by atoms with Gasteiger partial charge in [-0.15, -0.1) is 22.7 Å². The lowest BCUT2D eigenvalue weighted by Gasteiger charge is -2.24. The predicted octanol–water partition coefficient (Wildman–Crippen LogP) is 5.18. The smallest absolute Gasteiger partial charge is 0.162 e. The molecule has 0 amide bonds. The van der Waals surface area contributed by atoms with Gasteiger partial charge in [0.05, 0.1) is 34.7 Å². The molecule has 2 atom stereocenters. The van der Waals surface area contributed by atoms with Gasteiger partial charge in [0.15, 0.2) is 7.91 Å². The predicted molar refractivity (Wildman–Crippen MR) is 111 cm³/mol. The van der Waals surface area contributed by atoms with Crippen LogP contribution in [0.1, 0.15) is 26.7 Å². The van der Waals surface area contributed by atoms with E-state index in [1.54, 1.807) is 22.7 Å². The third kappa shape index (κ3) is 2.82. The maximum absolute atomic E-state index is 6.89. The fourth-order valence-corrected chi connectivity index (χ4v) is 14.3. The van der Waals surface area contributed by atoms with Crippen LogP contribution in [-0.4, -0.2) is 9.13 Å². The molecule has 0 aromatic carbocycles. The SMILES string of the molecule is CCCn1c2c(sc1=S)P(Cl)c1c(sc(=S)n1CCC)P2Cl. The number of rotatable bonds is 4. The summed E-state index contributed by atoms with van der Waals surface area (Å²) in [7, 11) is -1.85. The van der Waals surface area contributed by atoms with Crippen LogP contribution in [0.2, 0.25) is 0 Å². The molecule has 2 aromatic heterocycles. The molecular formula is C12H14Cl2N2P2S4. The zero-order valence-electron chi connectivity index (χ0n) is 12.0. The summed E-state index contributed by atoms with van der Waals surface area (Å²) in [6.07, 6.45) is 2.08. The van der Waals surface area contributed by atoms with Gasteiger partial charge in [0.25, 0.3) is 0 Å². The van der Waals surface area contributed by atoms with Gasteiger partial charge < -0.3 is 9.13 Å². The van der Waals surface area contributed by atoms with Crippen LogP contribution in [0.4, 0.5) is 0 Å². The molecule has 120 valence electrons. The van der Waals surface area contributed by atoms with Gasteiger partial charge >= 0.3 is 0 Å². The van der Waals surface area contributed by atoms with Crippen LogP contribution >= 0.6 is 84.1 Å². The number of hydrogen-bond donors (Lipinski definition) is 0. The average Bonchev–Trinajstić information content (AvgIpc) is 2.98. The standard InChI is InChI=1S/C12H14Cl2N2P2S4/c1-3-5-15-7-9(21-11(15)19)18(14)8-10(17(7)13)22-12(20)16(8)6-4-2/h3-6H2,1-2H3. The Morgan fingerprint density at radius 1 is 0.864 bits per heavy atom. The highest BCUT2D eigenvalue weighted by Gasteiger charge is 2.38. The van der Waals surface area contributed by atoms with Crippen molar-refractivity contribution in [2.75, 3.05) is 0 Å². The van der Waals surface area contributed by atoms with Gasteiger partial charge in [0, 0.05) is 13.1 Å². The van der Waals surface area contributed by atoms with Crippen molar-refractivity contribution in [2.45, 2.75) is 39.8 Å². The molecule has 2 nitrogen and oxygen atoms in total. The van der Waals surface area contributed by atoms with Crippen LogP contribution in [0.25, 0.3) is 0 Å². The Kier molecular flexibility index (Phi) is 5.85. The lowest BCUT2D eigenvalue weighted by molar-refractivity contribution is 0.694. The van der Waals surface area contributed by atoms with Crippen molar-refractivity contribution >= 4 is 104 Å². The minimum Gasteiger partial charge on any atom is -0.321 e. The highest BCUT2D eigenvalue weighted by molar-refractivity contribution is 8.08. The second kappa shape index (κ2) is 7.17. The minimum absolute atomic E-state index is 0.893. The summed E-state index contributed by atoms with van der Waals surface area (Å²) < 4.78 is 8.54. The van der Waals surface area contributed by atoms with Gasteiger partial charge in [0.2, 0.25) is 0 Å². The van der Waals surface area contributed by atoms with E-state index < -0.39 is 14.5 Å². The lowest BCUT2D eigenvalue weighted by Crippen LogP contribution is -2.39. The van der Waals surface area contributed by atoms with Crippen molar-refractivity contribution in [3.63, 3.8) is 0 Å². The second-order valence-corrected chi connectivity index (χ2v) is 13.6. The van der Waals surface area contributed by atoms with E-state index in [-0.39, 0.29) is 0 Å². The molecule has 0 saturated carbocycles. The monoisotopic (exact) mass is 446 g/mol. The molecule has 0 spiro atoms. The van der Waals surface area contributed by atoms with Crippen molar-refractivity contribution in [2.24, 2.45) is 0 Å².